The van der Waals surface area contributed by atoms with Gasteiger partial charge in [0.1, 0.15) is 6.20 Å². The van der Waals surface area contributed by atoms with Crippen molar-refractivity contribution in [2.75, 3.05) is 13.1 Å². The predicted octanol–water partition coefficient (Wildman–Crippen LogP) is -0.634. The summed E-state index contributed by atoms with van der Waals surface area (Å²) in [6.07, 6.45) is 1.26. The third-order valence-corrected chi connectivity index (χ3v) is 1.42. The van der Waals surface area contributed by atoms with Gasteiger partial charge >= 0.3 is 5.82 Å². The lowest BCUT2D eigenvalue weighted by atomic mass is 10.5. The van der Waals surface area contributed by atoms with Crippen LogP contribution in [0.4, 0.5) is 5.82 Å². The summed E-state index contributed by atoms with van der Waals surface area (Å²) in [4.78, 5) is 16.1. The molecule has 0 fully saturated rings. The molecule has 0 unspecified atom stereocenters. The number of nitrogens with zero attached hydrogens (tertiary/aromatic N) is 2. The quantitative estimate of drug-likeness (QED) is 0.321. The fourth-order valence-corrected chi connectivity index (χ4v) is 0.844. The Kier molecular flexibility index (Phi) is 3.35. The normalized spacial score (nSPS) is 10.2. The summed E-state index contributed by atoms with van der Waals surface area (Å²) in [5.74, 6) is 0.379. The van der Waals surface area contributed by atoms with Crippen LogP contribution in [-0.2, 0) is 6.54 Å². The van der Waals surface area contributed by atoms with Crippen molar-refractivity contribution in [3.05, 3.63) is 22.1 Å². The van der Waals surface area contributed by atoms with Gasteiger partial charge in [-0.05, 0) is 9.91 Å². The van der Waals surface area contributed by atoms with Gasteiger partial charge in [0.2, 0.25) is 5.82 Å². The first-order chi connectivity index (χ1) is 6.24. The van der Waals surface area contributed by atoms with Crippen LogP contribution in [0.3, 0.4) is 0 Å². The average Bonchev–Trinajstić information content (AvgIpc) is 2.53. The summed E-state index contributed by atoms with van der Waals surface area (Å²) in [6, 6.07) is 0. The smallest absolute Gasteiger partial charge is 0.358 e. The molecule has 0 atom stereocenters. The molecule has 0 aliphatic carbocycles. The zero-order chi connectivity index (χ0) is 9.68. The zero-order valence-electron chi connectivity index (χ0n) is 6.99. The molecule has 0 saturated carbocycles. The van der Waals surface area contributed by atoms with Crippen LogP contribution in [0.15, 0.2) is 6.20 Å². The lowest BCUT2D eigenvalue weighted by Crippen LogP contribution is -2.22. The van der Waals surface area contributed by atoms with E-state index in [1.54, 1.807) is 0 Å². The number of hydrogen-bond acceptors (Lipinski definition) is 5. The first-order valence-electron chi connectivity index (χ1n) is 3.83. The summed E-state index contributed by atoms with van der Waals surface area (Å²) in [7, 11) is 0. The van der Waals surface area contributed by atoms with Crippen molar-refractivity contribution in [1.29, 1.82) is 0 Å². The van der Waals surface area contributed by atoms with Gasteiger partial charge < -0.3 is 26.1 Å². The van der Waals surface area contributed by atoms with Crippen LogP contribution in [-0.4, -0.2) is 28.0 Å². The molecule has 0 aromatic carbocycles. The highest BCUT2D eigenvalue weighted by atomic mass is 16.6. The SMILES string of the molecule is NCCNCc1nc([N+](=O)[O-])c[nH]1. The van der Waals surface area contributed by atoms with Gasteiger partial charge in [-0.2, -0.15) is 0 Å². The lowest BCUT2D eigenvalue weighted by Gasteiger charge is -1.94. The molecule has 4 N–H and O–H groups in total. The van der Waals surface area contributed by atoms with Crippen LogP contribution in [0.1, 0.15) is 5.82 Å². The Balaban J connectivity index is 2.44. The van der Waals surface area contributed by atoms with E-state index in [-0.39, 0.29) is 5.82 Å². The maximum absolute atomic E-state index is 10.2. The number of hydrogen-bond donors (Lipinski definition) is 3. The molecular formula is C6H11N5O2. The summed E-state index contributed by atoms with van der Waals surface area (Å²) < 4.78 is 0. The van der Waals surface area contributed by atoms with Crippen molar-refractivity contribution in [3.8, 4) is 0 Å². The van der Waals surface area contributed by atoms with Gasteiger partial charge in [-0.1, -0.05) is 0 Å². The van der Waals surface area contributed by atoms with Crippen molar-refractivity contribution in [1.82, 2.24) is 15.3 Å². The van der Waals surface area contributed by atoms with Crippen LogP contribution in [0.25, 0.3) is 0 Å². The Hall–Kier alpha value is -1.47. The number of aromatic nitrogens is 2. The molecule has 7 heteroatoms. The standard InChI is InChI=1S/C6H11N5O2/c7-1-2-8-3-5-9-4-6(10-5)11(12)13/h4,8H,1-3,7H2,(H,9,10). The third-order valence-electron chi connectivity index (χ3n) is 1.42. The van der Waals surface area contributed by atoms with E-state index in [9.17, 15) is 10.1 Å². The van der Waals surface area contributed by atoms with E-state index in [4.69, 9.17) is 5.73 Å². The first-order valence-corrected chi connectivity index (χ1v) is 3.83. The molecule has 1 aromatic heterocycles. The second-order valence-electron chi connectivity index (χ2n) is 2.43. The number of nitrogens with two attached hydrogens (primary N) is 1. The predicted molar refractivity (Wildman–Crippen MR) is 46.0 cm³/mol. The van der Waals surface area contributed by atoms with Crippen molar-refractivity contribution >= 4 is 5.82 Å². The molecule has 0 saturated heterocycles. The van der Waals surface area contributed by atoms with E-state index in [0.29, 0.717) is 25.5 Å². The highest BCUT2D eigenvalue weighted by Gasteiger charge is 2.11. The fourth-order valence-electron chi connectivity index (χ4n) is 0.844. The maximum Gasteiger partial charge on any atom is 0.381 e. The molecule has 1 heterocycles. The van der Waals surface area contributed by atoms with Crippen molar-refractivity contribution < 1.29 is 4.92 Å². The van der Waals surface area contributed by atoms with Crippen molar-refractivity contribution in [2.45, 2.75) is 6.54 Å². The molecule has 0 bridgehead atoms. The Morgan fingerprint density at radius 1 is 1.77 bits per heavy atom. The van der Waals surface area contributed by atoms with Crippen LogP contribution in [0.5, 0.6) is 0 Å². The zero-order valence-corrected chi connectivity index (χ0v) is 6.99. The van der Waals surface area contributed by atoms with E-state index in [1.165, 1.54) is 6.20 Å². The van der Waals surface area contributed by atoms with Gasteiger partial charge in [0.25, 0.3) is 0 Å². The van der Waals surface area contributed by atoms with Gasteiger partial charge in [0, 0.05) is 13.1 Å². The van der Waals surface area contributed by atoms with Gasteiger partial charge in [0.05, 0.1) is 6.54 Å². The highest BCUT2D eigenvalue weighted by molar-refractivity contribution is 5.14. The molecule has 0 amide bonds. The number of imidazole rings is 1. The van der Waals surface area contributed by atoms with E-state index in [0.717, 1.165) is 0 Å². The summed E-state index contributed by atoms with van der Waals surface area (Å²) in [5.41, 5.74) is 5.24. The topological polar surface area (TPSA) is 110 Å². The van der Waals surface area contributed by atoms with E-state index in [1.807, 2.05) is 0 Å². The summed E-state index contributed by atoms with van der Waals surface area (Å²) in [6.45, 7) is 1.66. The number of rotatable bonds is 5. The molecule has 0 radical (unpaired) electrons. The molecule has 7 nitrogen and oxygen atoms in total. The molecule has 0 aliphatic rings. The summed E-state index contributed by atoms with van der Waals surface area (Å²) >= 11 is 0. The van der Waals surface area contributed by atoms with Gasteiger partial charge in [-0.25, -0.2) is 0 Å². The fraction of sp³-hybridized carbons (Fsp3) is 0.500. The Labute approximate surface area is 74.5 Å². The molecule has 0 aliphatic heterocycles. The maximum atomic E-state index is 10.2. The summed E-state index contributed by atoms with van der Waals surface area (Å²) in [5, 5.41) is 13.2. The Bertz CT molecular complexity index is 284. The molecular weight excluding hydrogens is 174 g/mol. The Morgan fingerprint density at radius 2 is 2.54 bits per heavy atom. The molecule has 1 aromatic rings. The number of nitro groups is 1. The number of aromatic amines is 1. The van der Waals surface area contributed by atoms with Crippen LogP contribution in [0.2, 0.25) is 0 Å². The van der Waals surface area contributed by atoms with E-state index >= 15 is 0 Å². The van der Waals surface area contributed by atoms with Crippen molar-refractivity contribution in [3.63, 3.8) is 0 Å². The first kappa shape index (κ1) is 9.62. The van der Waals surface area contributed by atoms with E-state index in [2.05, 4.69) is 15.3 Å². The van der Waals surface area contributed by atoms with Crippen LogP contribution >= 0.6 is 0 Å². The molecule has 0 spiro atoms. The second kappa shape index (κ2) is 4.53. The molecule has 13 heavy (non-hydrogen) atoms. The third kappa shape index (κ3) is 2.80. The lowest BCUT2D eigenvalue weighted by molar-refractivity contribution is -0.389. The highest BCUT2D eigenvalue weighted by Crippen LogP contribution is 2.05. The van der Waals surface area contributed by atoms with Gasteiger partial charge in [-0.15, -0.1) is 0 Å². The largest absolute Gasteiger partial charge is 0.381 e. The minimum atomic E-state index is -0.539. The Morgan fingerprint density at radius 3 is 3.08 bits per heavy atom. The van der Waals surface area contributed by atoms with Crippen molar-refractivity contribution in [2.24, 2.45) is 5.73 Å². The second-order valence-corrected chi connectivity index (χ2v) is 2.43. The minimum Gasteiger partial charge on any atom is -0.358 e. The minimum absolute atomic E-state index is 0.162. The molecule has 72 valence electrons. The monoisotopic (exact) mass is 185 g/mol. The van der Waals surface area contributed by atoms with Gasteiger partial charge in [-0.3, -0.25) is 0 Å². The van der Waals surface area contributed by atoms with Crippen LogP contribution in [0, 0.1) is 10.1 Å². The molecule has 1 rings (SSSR count). The van der Waals surface area contributed by atoms with Crippen LogP contribution < -0.4 is 11.1 Å². The number of H-pyrrole nitrogens is 1. The van der Waals surface area contributed by atoms with E-state index < -0.39 is 4.92 Å². The average molecular weight is 185 g/mol. The number of nitrogens with one attached hydrogen (secondary N) is 2. The van der Waals surface area contributed by atoms with Gasteiger partial charge in [0.15, 0.2) is 0 Å².